The van der Waals surface area contributed by atoms with E-state index in [1.54, 1.807) is 0 Å². The van der Waals surface area contributed by atoms with E-state index in [1.165, 1.54) is 5.54 Å². The average molecular weight is 218 g/mol. The summed E-state index contributed by atoms with van der Waals surface area (Å²) < 4.78 is 0. The summed E-state index contributed by atoms with van der Waals surface area (Å²) in [5.74, 6) is -0.669. The van der Waals surface area contributed by atoms with Crippen LogP contribution in [0.3, 0.4) is 0 Å². The van der Waals surface area contributed by atoms with Crippen molar-refractivity contribution in [3.63, 3.8) is 0 Å². The molecule has 4 heteroatoms. The second-order valence-electron chi connectivity index (χ2n) is 3.79. The first-order valence-electron chi connectivity index (χ1n) is 4.85. The topological polar surface area (TPSA) is 40.5 Å². The number of rotatable bonds is 4. The number of hydrogen-bond acceptors (Lipinski definition) is 2. The molecule has 0 spiro atoms. The molecule has 14 heavy (non-hydrogen) atoms. The summed E-state index contributed by atoms with van der Waals surface area (Å²) in [6.07, 6.45) is 3.29. The van der Waals surface area contributed by atoms with Crippen molar-refractivity contribution in [1.29, 1.82) is 0 Å². The van der Waals surface area contributed by atoms with Gasteiger partial charge in [0.2, 0.25) is 0 Å². The fraction of sp³-hybridized carbons (Fsp3) is 0.700. The van der Waals surface area contributed by atoms with E-state index < -0.39 is 11.4 Å². The Hall–Kier alpha value is -0.540. The van der Waals surface area contributed by atoms with Crippen molar-refractivity contribution in [2.24, 2.45) is 5.41 Å². The number of likely N-dealkylation sites (tertiary alicyclic amines) is 1. The second-order valence-corrected chi connectivity index (χ2v) is 4.04. The highest BCUT2D eigenvalue weighted by molar-refractivity contribution is 6.25. The van der Waals surface area contributed by atoms with Crippen LogP contribution in [0.2, 0.25) is 0 Å². The lowest BCUT2D eigenvalue weighted by molar-refractivity contribution is -0.148. The third-order valence-electron chi connectivity index (χ3n) is 3.02. The molecule has 0 aromatic heterocycles. The van der Waals surface area contributed by atoms with Crippen molar-refractivity contribution >= 4 is 17.6 Å². The van der Waals surface area contributed by atoms with Gasteiger partial charge in [-0.15, -0.1) is 0 Å². The van der Waals surface area contributed by atoms with Crippen LogP contribution in [0.15, 0.2) is 11.6 Å². The van der Waals surface area contributed by atoms with Crippen molar-refractivity contribution in [2.75, 3.05) is 19.6 Å². The minimum absolute atomic E-state index is 0.528. The molecule has 0 amide bonds. The van der Waals surface area contributed by atoms with Gasteiger partial charge >= 0.3 is 5.97 Å². The first-order chi connectivity index (χ1) is 6.64. The van der Waals surface area contributed by atoms with E-state index >= 15 is 0 Å². The second kappa shape index (κ2) is 4.80. The Balaban J connectivity index is 2.57. The Morgan fingerprint density at radius 2 is 2.43 bits per heavy atom. The largest absolute Gasteiger partial charge is 0.481 e. The number of nitrogens with zero attached hydrogens (tertiary/aromatic N) is 1. The summed E-state index contributed by atoms with van der Waals surface area (Å²) in [6, 6.07) is 0. The maximum atomic E-state index is 11.1. The highest BCUT2D eigenvalue weighted by atomic mass is 35.5. The monoisotopic (exact) mass is 217 g/mol. The van der Waals surface area contributed by atoms with Crippen LogP contribution in [-0.4, -0.2) is 35.6 Å². The lowest BCUT2D eigenvalue weighted by atomic mass is 9.84. The van der Waals surface area contributed by atoms with Crippen molar-refractivity contribution in [3.8, 4) is 0 Å². The van der Waals surface area contributed by atoms with Gasteiger partial charge in [-0.2, -0.15) is 0 Å². The molecule has 1 N–H and O–H groups in total. The molecule has 0 aliphatic carbocycles. The molecule has 0 radical (unpaired) electrons. The number of aliphatic carboxylic acids is 1. The standard InChI is InChI=1S/C10H16ClNO2/c1-2-10(9(13)14)4-7-12(8-10)6-3-5-11/h3,5H,2,4,6-8H2,1H3,(H,13,14). The summed E-state index contributed by atoms with van der Waals surface area (Å²) >= 11 is 5.42. The molecular weight excluding hydrogens is 202 g/mol. The number of hydrogen-bond donors (Lipinski definition) is 1. The summed E-state index contributed by atoms with van der Waals surface area (Å²) in [7, 11) is 0. The lowest BCUT2D eigenvalue weighted by Crippen LogP contribution is -2.34. The summed E-state index contributed by atoms with van der Waals surface area (Å²) in [6.45, 7) is 4.18. The first-order valence-corrected chi connectivity index (χ1v) is 5.29. The van der Waals surface area contributed by atoms with Crippen LogP contribution in [0.1, 0.15) is 19.8 Å². The summed E-state index contributed by atoms with van der Waals surface area (Å²) in [4.78, 5) is 13.2. The third kappa shape index (κ3) is 2.28. The highest BCUT2D eigenvalue weighted by Gasteiger charge is 2.42. The van der Waals surface area contributed by atoms with Crippen molar-refractivity contribution in [2.45, 2.75) is 19.8 Å². The Morgan fingerprint density at radius 1 is 1.71 bits per heavy atom. The number of carboxylic acid groups (broad SMARTS) is 1. The zero-order chi connectivity index (χ0) is 10.6. The molecule has 1 atom stereocenters. The van der Waals surface area contributed by atoms with Gasteiger partial charge in [0.15, 0.2) is 0 Å². The molecule has 1 saturated heterocycles. The highest BCUT2D eigenvalue weighted by Crippen LogP contribution is 2.33. The van der Waals surface area contributed by atoms with E-state index in [9.17, 15) is 4.79 Å². The fourth-order valence-electron chi connectivity index (χ4n) is 1.92. The minimum atomic E-state index is -0.669. The molecule has 0 aromatic carbocycles. The Kier molecular flexibility index (Phi) is 3.96. The maximum Gasteiger partial charge on any atom is 0.310 e. The van der Waals surface area contributed by atoms with Crippen LogP contribution < -0.4 is 0 Å². The lowest BCUT2D eigenvalue weighted by Gasteiger charge is -2.22. The van der Waals surface area contributed by atoms with E-state index in [-0.39, 0.29) is 0 Å². The quantitative estimate of drug-likeness (QED) is 0.782. The van der Waals surface area contributed by atoms with Gasteiger partial charge in [-0.25, -0.2) is 0 Å². The van der Waals surface area contributed by atoms with Gasteiger partial charge in [-0.3, -0.25) is 9.69 Å². The van der Waals surface area contributed by atoms with Crippen LogP contribution >= 0.6 is 11.6 Å². The smallest absolute Gasteiger partial charge is 0.310 e. The van der Waals surface area contributed by atoms with Gasteiger partial charge in [0, 0.05) is 18.6 Å². The van der Waals surface area contributed by atoms with Crippen LogP contribution in [0.25, 0.3) is 0 Å². The number of carboxylic acids is 1. The number of carbonyl (C=O) groups is 1. The molecule has 1 aliphatic rings. The van der Waals surface area contributed by atoms with Crippen LogP contribution in [-0.2, 0) is 4.79 Å². The predicted molar refractivity (Wildman–Crippen MR) is 56.4 cm³/mol. The van der Waals surface area contributed by atoms with Gasteiger partial charge in [0.1, 0.15) is 0 Å². The van der Waals surface area contributed by atoms with Crippen molar-refractivity contribution in [3.05, 3.63) is 11.6 Å². The molecule has 1 heterocycles. The summed E-state index contributed by atoms with van der Waals surface area (Å²) in [5.41, 5.74) is 0.951. The molecular formula is C10H16ClNO2. The predicted octanol–water partition coefficient (Wildman–Crippen LogP) is 1.93. The SMILES string of the molecule is CCC1(C(=O)O)CCN(CC=CCl)C1. The third-order valence-corrected chi connectivity index (χ3v) is 3.19. The van der Waals surface area contributed by atoms with Crippen molar-refractivity contribution < 1.29 is 9.90 Å². The van der Waals surface area contributed by atoms with Gasteiger partial charge in [0.05, 0.1) is 5.41 Å². The van der Waals surface area contributed by atoms with E-state index in [0.29, 0.717) is 13.0 Å². The van der Waals surface area contributed by atoms with E-state index in [2.05, 4.69) is 4.90 Å². The van der Waals surface area contributed by atoms with Crippen LogP contribution in [0.5, 0.6) is 0 Å². The molecule has 80 valence electrons. The minimum Gasteiger partial charge on any atom is -0.481 e. The molecule has 1 rings (SSSR count). The normalized spacial score (nSPS) is 28.7. The average Bonchev–Trinajstić information content (AvgIpc) is 2.59. The van der Waals surface area contributed by atoms with Crippen LogP contribution in [0.4, 0.5) is 0 Å². The Bertz CT molecular complexity index is 242. The fourth-order valence-corrected chi connectivity index (χ4v) is 2.00. The van der Waals surface area contributed by atoms with Gasteiger partial charge in [0.25, 0.3) is 0 Å². The van der Waals surface area contributed by atoms with Crippen molar-refractivity contribution in [1.82, 2.24) is 4.90 Å². The zero-order valence-corrected chi connectivity index (χ0v) is 9.13. The van der Waals surface area contributed by atoms with Gasteiger partial charge < -0.3 is 5.11 Å². The Labute approximate surface area is 89.3 Å². The zero-order valence-electron chi connectivity index (χ0n) is 8.37. The first kappa shape index (κ1) is 11.5. The van der Waals surface area contributed by atoms with Gasteiger partial charge in [-0.1, -0.05) is 24.6 Å². The number of halogens is 1. The molecule has 1 aliphatic heterocycles. The van der Waals surface area contributed by atoms with E-state index in [4.69, 9.17) is 16.7 Å². The molecule has 3 nitrogen and oxygen atoms in total. The molecule has 0 aromatic rings. The van der Waals surface area contributed by atoms with Crippen LogP contribution in [0, 0.1) is 5.41 Å². The van der Waals surface area contributed by atoms with E-state index in [1.807, 2.05) is 13.0 Å². The Morgan fingerprint density at radius 3 is 2.86 bits per heavy atom. The molecule has 0 bridgehead atoms. The molecule has 1 fully saturated rings. The maximum absolute atomic E-state index is 11.1. The molecule has 1 unspecified atom stereocenters. The van der Waals surface area contributed by atoms with E-state index in [0.717, 1.165) is 19.5 Å². The molecule has 0 saturated carbocycles. The van der Waals surface area contributed by atoms with Gasteiger partial charge in [-0.05, 0) is 19.4 Å². The summed E-state index contributed by atoms with van der Waals surface area (Å²) in [5, 5.41) is 9.14.